The van der Waals surface area contributed by atoms with Crippen LogP contribution in [0.1, 0.15) is 33.5 Å². The monoisotopic (exact) mass is 407 g/mol. The van der Waals surface area contributed by atoms with Crippen molar-refractivity contribution in [2.24, 2.45) is 0 Å². The molecule has 0 bridgehead atoms. The molecule has 7 heteroatoms. The van der Waals surface area contributed by atoms with Crippen LogP contribution in [0.25, 0.3) is 5.69 Å². The number of rotatable bonds is 2. The highest BCUT2D eigenvalue weighted by Crippen LogP contribution is 2.27. The number of ether oxygens (including phenoxy) is 1. The van der Waals surface area contributed by atoms with E-state index in [1.807, 2.05) is 18.2 Å². The van der Waals surface area contributed by atoms with Gasteiger partial charge in [0.2, 0.25) is 0 Å². The lowest BCUT2D eigenvalue weighted by atomic mass is 10.1. The van der Waals surface area contributed by atoms with E-state index in [1.165, 1.54) is 0 Å². The Labute approximate surface area is 141 Å². The number of hydrogen-bond donors (Lipinski definition) is 0. The molecule has 1 aromatic carbocycles. The number of halogens is 1. The zero-order valence-corrected chi connectivity index (χ0v) is 14.3. The van der Waals surface area contributed by atoms with Crippen LogP contribution in [0.3, 0.4) is 0 Å². The predicted octanol–water partition coefficient (Wildman–Crippen LogP) is 2.24. The number of imidazole rings is 1. The van der Waals surface area contributed by atoms with Crippen LogP contribution in [0.4, 0.5) is 0 Å². The minimum Gasteiger partial charge on any atom is -0.461 e. The Balaban J connectivity index is 2.20. The van der Waals surface area contributed by atoms with Gasteiger partial charge < -0.3 is 9.64 Å². The molecule has 3 rings (SSSR count). The molecule has 114 valence electrons. The van der Waals surface area contributed by atoms with E-state index in [-0.39, 0.29) is 18.2 Å². The molecule has 0 unspecified atom stereocenters. The first-order valence-electron chi connectivity index (χ1n) is 6.81. The summed E-state index contributed by atoms with van der Waals surface area (Å²) in [5, 5.41) is 0. The zero-order chi connectivity index (χ0) is 15.9. The quantitative estimate of drug-likeness (QED) is 0.566. The van der Waals surface area contributed by atoms with Crippen molar-refractivity contribution in [3.63, 3.8) is 0 Å². The van der Waals surface area contributed by atoms with Gasteiger partial charge in [-0.15, -0.1) is 0 Å². The molecule has 0 spiro atoms. The average molecular weight is 407 g/mol. The Hall–Kier alpha value is -1.90. The molecule has 0 saturated carbocycles. The zero-order valence-electron chi connectivity index (χ0n) is 12.2. The minimum absolute atomic E-state index is 0.0768. The molecule has 1 aromatic heterocycles. The molecule has 0 N–H and O–H groups in total. The second-order valence-electron chi connectivity index (χ2n) is 4.95. The van der Waals surface area contributed by atoms with Gasteiger partial charge >= 0.3 is 5.97 Å². The third kappa shape index (κ3) is 2.39. The molecule has 22 heavy (non-hydrogen) atoms. The fourth-order valence-electron chi connectivity index (χ4n) is 2.49. The maximum absolute atomic E-state index is 12.5. The number of hydrogen-bond acceptors (Lipinski definition) is 4. The van der Waals surface area contributed by atoms with Crippen LogP contribution in [0, 0.1) is 3.57 Å². The van der Waals surface area contributed by atoms with Gasteiger partial charge in [0.05, 0.1) is 30.1 Å². The summed E-state index contributed by atoms with van der Waals surface area (Å²) in [5.74, 6) is -0.543. The highest BCUT2D eigenvalue weighted by Gasteiger charge is 2.28. The Bertz CT molecular complexity index is 769. The summed E-state index contributed by atoms with van der Waals surface area (Å²) in [6.07, 6.45) is 1.57. The van der Waals surface area contributed by atoms with Crippen LogP contribution in [-0.4, -0.2) is 40.0 Å². The Morgan fingerprint density at radius 2 is 2.23 bits per heavy atom. The number of carbonyl (C=O) groups excluding carboxylic acids is 2. The van der Waals surface area contributed by atoms with Gasteiger partial charge in [0, 0.05) is 10.6 Å². The van der Waals surface area contributed by atoms with Gasteiger partial charge in [-0.25, -0.2) is 9.78 Å². The summed E-state index contributed by atoms with van der Waals surface area (Å²) >= 11 is 2.17. The van der Waals surface area contributed by atoms with Gasteiger partial charge in [-0.3, -0.25) is 9.36 Å². The van der Waals surface area contributed by atoms with Gasteiger partial charge in [-0.1, -0.05) is 0 Å². The van der Waals surface area contributed by atoms with Crippen LogP contribution in [0.5, 0.6) is 0 Å². The molecular formula is C15H14IN3O3. The number of carbonyl (C=O) groups is 2. The van der Waals surface area contributed by atoms with E-state index in [2.05, 4.69) is 27.6 Å². The molecule has 0 saturated heterocycles. The number of amides is 1. The number of aromatic nitrogens is 2. The fourth-order valence-corrected chi connectivity index (χ4v) is 2.99. The SMILES string of the molecule is CCOC(=O)c1ncn2c1CN(C)C(=O)c1cc([123I])ccc1-2. The van der Waals surface area contributed by atoms with Crippen LogP contribution < -0.4 is 0 Å². The first-order valence-corrected chi connectivity index (χ1v) is 7.89. The van der Waals surface area contributed by atoms with Crippen molar-refractivity contribution in [1.29, 1.82) is 0 Å². The van der Waals surface area contributed by atoms with Gasteiger partial charge in [-0.2, -0.15) is 0 Å². The maximum Gasteiger partial charge on any atom is 0.358 e. The maximum atomic E-state index is 12.5. The van der Waals surface area contributed by atoms with Crippen molar-refractivity contribution in [2.75, 3.05) is 13.7 Å². The van der Waals surface area contributed by atoms with Crippen molar-refractivity contribution in [3.8, 4) is 5.69 Å². The second-order valence-corrected chi connectivity index (χ2v) is 6.20. The normalized spacial score (nSPS) is 13.4. The highest BCUT2D eigenvalue weighted by atomic mass is 123. The predicted molar refractivity (Wildman–Crippen MR) is 88.0 cm³/mol. The van der Waals surface area contributed by atoms with Crippen LogP contribution >= 0.6 is 22.6 Å². The molecule has 0 atom stereocenters. The summed E-state index contributed by atoms with van der Waals surface area (Å²) in [5.41, 5.74) is 2.25. The highest BCUT2D eigenvalue weighted by molar-refractivity contribution is 14.1. The van der Waals surface area contributed by atoms with Crippen LogP contribution in [0.15, 0.2) is 24.5 Å². The average Bonchev–Trinajstić information content (AvgIpc) is 2.86. The first kappa shape index (κ1) is 15.0. The second kappa shape index (κ2) is 5.71. The Morgan fingerprint density at radius 1 is 1.45 bits per heavy atom. The molecule has 2 heterocycles. The van der Waals surface area contributed by atoms with Crippen molar-refractivity contribution < 1.29 is 14.3 Å². The van der Waals surface area contributed by atoms with Gasteiger partial charge in [0.25, 0.3) is 5.91 Å². The van der Waals surface area contributed by atoms with Crippen molar-refractivity contribution >= 4 is 34.5 Å². The number of nitrogens with zero attached hydrogens (tertiary/aromatic N) is 3. The van der Waals surface area contributed by atoms with Crippen molar-refractivity contribution in [3.05, 3.63) is 45.0 Å². The van der Waals surface area contributed by atoms with E-state index >= 15 is 0 Å². The molecule has 0 radical (unpaired) electrons. The van der Waals surface area contributed by atoms with Gasteiger partial charge in [-0.05, 0) is 47.7 Å². The van der Waals surface area contributed by atoms with E-state index in [4.69, 9.17) is 4.74 Å². The minimum atomic E-state index is -0.467. The lowest BCUT2D eigenvalue weighted by molar-refractivity contribution is 0.0516. The van der Waals surface area contributed by atoms with Crippen LogP contribution in [0.2, 0.25) is 0 Å². The molecule has 2 aromatic rings. The lowest BCUT2D eigenvalue weighted by Crippen LogP contribution is -2.26. The Morgan fingerprint density at radius 3 is 2.95 bits per heavy atom. The largest absolute Gasteiger partial charge is 0.461 e. The summed E-state index contributed by atoms with van der Waals surface area (Å²) < 4.78 is 7.81. The molecular weight excluding hydrogens is 393 g/mol. The van der Waals surface area contributed by atoms with Crippen molar-refractivity contribution in [1.82, 2.24) is 14.5 Å². The van der Waals surface area contributed by atoms with Gasteiger partial charge in [0.15, 0.2) is 5.69 Å². The molecule has 1 aliphatic heterocycles. The van der Waals surface area contributed by atoms with Crippen molar-refractivity contribution in [2.45, 2.75) is 13.5 Å². The summed E-state index contributed by atoms with van der Waals surface area (Å²) in [6, 6.07) is 5.63. The summed E-state index contributed by atoms with van der Waals surface area (Å²) in [6.45, 7) is 2.34. The van der Waals surface area contributed by atoms with Crippen LogP contribution in [-0.2, 0) is 11.3 Å². The number of benzene rings is 1. The molecule has 1 aliphatic rings. The standard InChI is InChI=1S/C15H14IN3O3/c1-3-22-15(21)13-12-7-18(2)14(20)10-6-9(16)4-5-11(10)19(12)8-17-13/h4-6,8H,3,7H2,1-2H3/i16-4. The molecule has 6 nitrogen and oxygen atoms in total. The van der Waals surface area contributed by atoms with E-state index < -0.39 is 5.97 Å². The smallest absolute Gasteiger partial charge is 0.358 e. The first-order chi connectivity index (χ1) is 10.5. The molecule has 0 aliphatic carbocycles. The van der Waals surface area contributed by atoms with E-state index in [0.717, 1.165) is 9.26 Å². The fraction of sp³-hybridized carbons (Fsp3) is 0.267. The van der Waals surface area contributed by atoms with Gasteiger partial charge in [0.1, 0.15) is 6.33 Å². The van der Waals surface area contributed by atoms with E-state index in [0.29, 0.717) is 17.8 Å². The summed E-state index contributed by atoms with van der Waals surface area (Å²) in [7, 11) is 1.71. The van der Waals surface area contributed by atoms with E-state index in [1.54, 1.807) is 29.8 Å². The number of esters is 1. The van der Waals surface area contributed by atoms with E-state index in [9.17, 15) is 9.59 Å². The lowest BCUT2D eigenvalue weighted by Gasteiger charge is -2.14. The third-order valence-corrected chi connectivity index (χ3v) is 4.19. The topological polar surface area (TPSA) is 64.4 Å². The molecule has 0 fully saturated rings. The third-order valence-electron chi connectivity index (χ3n) is 3.52. The Kier molecular flexibility index (Phi) is 3.90. The summed E-state index contributed by atoms with van der Waals surface area (Å²) in [4.78, 5) is 30.3. The molecule has 1 amide bonds. The number of fused-ring (bicyclic) bond motifs is 3.